The summed E-state index contributed by atoms with van der Waals surface area (Å²) in [6.07, 6.45) is 0. The van der Waals surface area contributed by atoms with Gasteiger partial charge in [0.25, 0.3) is 0 Å². The summed E-state index contributed by atoms with van der Waals surface area (Å²) in [5, 5.41) is 10.4. The highest BCUT2D eigenvalue weighted by Crippen LogP contribution is 2.49. The number of fused-ring (bicyclic) bond motifs is 13. The number of halogens is 1. The lowest BCUT2D eigenvalue weighted by atomic mass is 9.98. The Hall–Kier alpha value is -6.24. The third-order valence-corrected chi connectivity index (χ3v) is 14.3. The zero-order valence-electron chi connectivity index (χ0n) is 30.5. The average molecular weight is 828 g/mol. The van der Waals surface area contributed by atoms with Gasteiger partial charge in [-0.15, -0.1) is 22.7 Å². The van der Waals surface area contributed by atoms with Crippen LogP contribution in [0.2, 0.25) is 0 Å². The monoisotopic (exact) mass is 826 g/mol. The molecule has 268 valence electrons. The second kappa shape index (κ2) is 12.9. The quantitative estimate of drug-likeness (QED) is 0.168. The number of aromatic nitrogens is 1. The molecule has 12 aromatic rings. The van der Waals surface area contributed by atoms with Crippen molar-refractivity contribution in [1.29, 1.82) is 0 Å². The van der Waals surface area contributed by atoms with E-state index >= 15 is 0 Å². The molecule has 0 aliphatic carbocycles. The first kappa shape index (κ1) is 33.0. The van der Waals surface area contributed by atoms with Gasteiger partial charge in [-0.2, -0.15) is 0 Å². The Morgan fingerprint density at radius 3 is 1.72 bits per heavy atom. The molecule has 5 heteroatoms. The van der Waals surface area contributed by atoms with E-state index in [0.29, 0.717) is 0 Å². The van der Waals surface area contributed by atoms with E-state index in [9.17, 15) is 0 Å². The van der Waals surface area contributed by atoms with Gasteiger partial charge in [0.2, 0.25) is 0 Å². The summed E-state index contributed by atoms with van der Waals surface area (Å²) in [4.78, 5) is 2.43. The number of thiophene rings is 2. The molecule has 0 radical (unpaired) electrons. The maximum absolute atomic E-state index is 3.60. The predicted octanol–water partition coefficient (Wildman–Crippen LogP) is 16.6. The zero-order chi connectivity index (χ0) is 37.6. The Balaban J connectivity index is 1.15. The SMILES string of the molecule is Brc1ccc(-c2ccc(N(c3ccc4c(c3)sc3ccccc34)c3ccc4c(c3)c3c5ccccc5c5c6ccccc6sc5c3n4-c3ccccc3)cc2)cc1. The van der Waals surface area contributed by atoms with Crippen molar-refractivity contribution in [2.24, 2.45) is 0 Å². The first-order chi connectivity index (χ1) is 28.2. The highest BCUT2D eigenvalue weighted by atomic mass is 79.9. The molecule has 0 amide bonds. The largest absolute Gasteiger partial charge is 0.310 e. The fourth-order valence-electron chi connectivity index (χ4n) is 8.90. The molecular formula is C52H31BrN2S2. The third kappa shape index (κ3) is 5.13. The van der Waals surface area contributed by atoms with Crippen molar-refractivity contribution in [2.45, 2.75) is 0 Å². The minimum Gasteiger partial charge on any atom is -0.310 e. The standard InChI is InChI=1S/C52H31BrN2S2/c53-34-22-18-32(19-23-34)33-20-24-36(25-21-33)54(38-26-28-40-39-12-6-8-16-46(39)56-48(40)31-38)37-27-29-45-44(30-37)49-41-13-4-5-14-42(41)50-43-15-7-9-17-47(43)57-52(50)51(49)55(45)35-10-2-1-3-11-35/h1-31H. The van der Waals surface area contributed by atoms with E-state index in [0.717, 1.165) is 27.2 Å². The minimum absolute atomic E-state index is 1.08. The van der Waals surface area contributed by atoms with Crippen LogP contribution in [0.5, 0.6) is 0 Å². The fourth-order valence-corrected chi connectivity index (χ4v) is 11.6. The van der Waals surface area contributed by atoms with E-state index in [-0.39, 0.29) is 0 Å². The van der Waals surface area contributed by atoms with Crippen LogP contribution in [0.4, 0.5) is 17.1 Å². The van der Waals surface area contributed by atoms with Gasteiger partial charge in [0, 0.05) is 73.6 Å². The Morgan fingerprint density at radius 1 is 0.404 bits per heavy atom. The molecule has 0 unspecified atom stereocenters. The molecule has 0 aliphatic heterocycles. The van der Waals surface area contributed by atoms with Gasteiger partial charge in [0.05, 0.1) is 15.7 Å². The van der Waals surface area contributed by atoms with E-state index in [1.165, 1.54) is 84.0 Å². The topological polar surface area (TPSA) is 8.17 Å². The van der Waals surface area contributed by atoms with E-state index in [2.05, 4.69) is 213 Å². The van der Waals surface area contributed by atoms with E-state index < -0.39 is 0 Å². The van der Waals surface area contributed by atoms with Crippen molar-refractivity contribution in [3.05, 3.63) is 193 Å². The predicted molar refractivity (Wildman–Crippen MR) is 252 cm³/mol. The van der Waals surface area contributed by atoms with Crippen LogP contribution in [0, 0.1) is 0 Å². The van der Waals surface area contributed by atoms with Crippen molar-refractivity contribution >= 4 is 129 Å². The molecule has 0 bridgehead atoms. The number of anilines is 3. The van der Waals surface area contributed by atoms with Crippen LogP contribution in [-0.4, -0.2) is 4.57 Å². The van der Waals surface area contributed by atoms with E-state index in [1.54, 1.807) is 0 Å². The smallest absolute Gasteiger partial charge is 0.0726 e. The molecule has 0 atom stereocenters. The van der Waals surface area contributed by atoms with Crippen molar-refractivity contribution < 1.29 is 0 Å². The maximum atomic E-state index is 3.60. The van der Waals surface area contributed by atoms with Gasteiger partial charge in [-0.05, 0) is 101 Å². The van der Waals surface area contributed by atoms with Crippen LogP contribution in [0.25, 0.3) is 89.7 Å². The van der Waals surface area contributed by atoms with Gasteiger partial charge in [-0.3, -0.25) is 0 Å². The third-order valence-electron chi connectivity index (χ3n) is 11.4. The summed E-state index contributed by atoms with van der Waals surface area (Å²) in [7, 11) is 0. The Bertz CT molecular complexity index is 3520. The molecule has 0 saturated carbocycles. The fraction of sp³-hybridized carbons (Fsp3) is 0. The van der Waals surface area contributed by atoms with Gasteiger partial charge in [0.1, 0.15) is 0 Å². The number of hydrogen-bond acceptors (Lipinski definition) is 3. The lowest BCUT2D eigenvalue weighted by Crippen LogP contribution is -2.09. The van der Waals surface area contributed by atoms with E-state index in [1.807, 2.05) is 22.7 Å². The first-order valence-electron chi connectivity index (χ1n) is 19.1. The number of benzene rings is 9. The molecule has 9 aromatic carbocycles. The van der Waals surface area contributed by atoms with Gasteiger partial charge >= 0.3 is 0 Å². The average Bonchev–Trinajstić information content (AvgIpc) is 3.94. The maximum Gasteiger partial charge on any atom is 0.0726 e. The molecule has 0 aliphatic rings. The molecule has 2 nitrogen and oxygen atoms in total. The molecule has 57 heavy (non-hydrogen) atoms. The van der Waals surface area contributed by atoms with Crippen molar-refractivity contribution in [3.8, 4) is 16.8 Å². The first-order valence-corrected chi connectivity index (χ1v) is 21.5. The molecule has 0 N–H and O–H groups in total. The second-order valence-electron chi connectivity index (χ2n) is 14.6. The van der Waals surface area contributed by atoms with Crippen LogP contribution >= 0.6 is 38.6 Å². The summed E-state index contributed by atoms with van der Waals surface area (Å²) in [6.45, 7) is 0. The van der Waals surface area contributed by atoms with Crippen LogP contribution < -0.4 is 4.90 Å². The number of rotatable bonds is 5. The van der Waals surface area contributed by atoms with Crippen LogP contribution in [0.15, 0.2) is 193 Å². The van der Waals surface area contributed by atoms with Crippen LogP contribution in [0.1, 0.15) is 0 Å². The Labute approximate surface area is 345 Å². The Kier molecular flexibility index (Phi) is 7.46. The lowest BCUT2D eigenvalue weighted by molar-refractivity contribution is 1.19. The van der Waals surface area contributed by atoms with Gasteiger partial charge < -0.3 is 9.47 Å². The molecule has 0 fully saturated rings. The number of nitrogens with zero attached hydrogens (tertiary/aromatic N) is 2. The second-order valence-corrected chi connectivity index (χ2v) is 17.7. The lowest BCUT2D eigenvalue weighted by Gasteiger charge is -2.26. The van der Waals surface area contributed by atoms with Gasteiger partial charge in [-0.25, -0.2) is 0 Å². The highest BCUT2D eigenvalue weighted by Gasteiger charge is 2.23. The highest BCUT2D eigenvalue weighted by molar-refractivity contribution is 9.10. The van der Waals surface area contributed by atoms with Crippen molar-refractivity contribution in [1.82, 2.24) is 4.57 Å². The molecule has 0 spiro atoms. The Morgan fingerprint density at radius 2 is 0.965 bits per heavy atom. The summed E-state index contributed by atoms with van der Waals surface area (Å²) < 4.78 is 8.80. The summed E-state index contributed by atoms with van der Waals surface area (Å²) in [5.74, 6) is 0. The number of para-hydroxylation sites is 1. The normalized spacial score (nSPS) is 11.9. The number of hydrogen-bond donors (Lipinski definition) is 0. The van der Waals surface area contributed by atoms with Gasteiger partial charge in [-0.1, -0.05) is 125 Å². The summed E-state index contributed by atoms with van der Waals surface area (Å²) >= 11 is 7.37. The van der Waals surface area contributed by atoms with E-state index in [4.69, 9.17) is 0 Å². The molecule has 0 saturated heterocycles. The molecular weight excluding hydrogens is 797 g/mol. The zero-order valence-corrected chi connectivity index (χ0v) is 33.7. The van der Waals surface area contributed by atoms with Crippen LogP contribution in [0.3, 0.4) is 0 Å². The molecule has 12 rings (SSSR count). The minimum atomic E-state index is 1.08. The summed E-state index contributed by atoms with van der Waals surface area (Å²) in [6, 6.07) is 69.1. The molecule has 3 aromatic heterocycles. The molecule has 3 heterocycles. The summed E-state index contributed by atoms with van der Waals surface area (Å²) in [5.41, 5.74) is 9.36. The van der Waals surface area contributed by atoms with Gasteiger partial charge in [0.15, 0.2) is 0 Å². The van der Waals surface area contributed by atoms with Crippen molar-refractivity contribution in [2.75, 3.05) is 4.90 Å². The van der Waals surface area contributed by atoms with Crippen molar-refractivity contribution in [3.63, 3.8) is 0 Å². The van der Waals surface area contributed by atoms with Crippen LogP contribution in [-0.2, 0) is 0 Å².